The predicted octanol–water partition coefficient (Wildman–Crippen LogP) is 3.42. The number of nitrogens with zero attached hydrogens (tertiary/aromatic N) is 1. The molecule has 0 bridgehead atoms. The van der Waals surface area contributed by atoms with E-state index in [1.165, 1.54) is 58.0 Å². The molecule has 2 nitrogen and oxygen atoms in total. The van der Waals surface area contributed by atoms with Crippen molar-refractivity contribution in [3.8, 4) is 0 Å². The molecule has 2 heteroatoms. The van der Waals surface area contributed by atoms with Gasteiger partial charge in [0.1, 0.15) is 0 Å². The molecule has 0 aromatic rings. The van der Waals surface area contributed by atoms with Crippen LogP contribution >= 0.6 is 0 Å². The molecule has 1 saturated heterocycles. The lowest BCUT2D eigenvalue weighted by atomic mass is 9.91. The van der Waals surface area contributed by atoms with E-state index in [2.05, 4.69) is 31.0 Å². The molecule has 1 aliphatic carbocycles. The number of rotatable bonds is 3. The summed E-state index contributed by atoms with van der Waals surface area (Å²) in [6, 6.07) is 2.32. The maximum absolute atomic E-state index is 3.69. The molecule has 0 aromatic carbocycles. The van der Waals surface area contributed by atoms with E-state index in [0.717, 1.165) is 18.0 Å². The minimum atomic E-state index is 0.675. The second-order valence-electron chi connectivity index (χ2n) is 6.60. The Balaban J connectivity index is 2.03. The van der Waals surface area contributed by atoms with Crippen molar-refractivity contribution in [1.29, 1.82) is 0 Å². The predicted molar refractivity (Wildman–Crippen MR) is 78.9 cm³/mol. The van der Waals surface area contributed by atoms with Crippen LogP contribution in [0.2, 0.25) is 0 Å². The first-order valence-corrected chi connectivity index (χ1v) is 8.21. The van der Waals surface area contributed by atoms with E-state index in [-0.39, 0.29) is 0 Å². The van der Waals surface area contributed by atoms with Gasteiger partial charge in [-0.3, -0.25) is 4.90 Å². The highest BCUT2D eigenvalue weighted by Gasteiger charge is 2.33. The van der Waals surface area contributed by atoms with Gasteiger partial charge in [0.25, 0.3) is 0 Å². The SMILES string of the molecule is CCC(C)C1CNC(C)CN1C1CCCCCC1. The zero-order valence-electron chi connectivity index (χ0n) is 12.6. The van der Waals surface area contributed by atoms with E-state index in [1.807, 2.05) is 0 Å². The van der Waals surface area contributed by atoms with Gasteiger partial charge < -0.3 is 5.32 Å². The highest BCUT2D eigenvalue weighted by Crippen LogP contribution is 2.28. The number of nitrogens with one attached hydrogen (secondary N) is 1. The zero-order chi connectivity index (χ0) is 13.0. The fourth-order valence-corrected chi connectivity index (χ4v) is 3.76. The molecule has 1 aliphatic heterocycles. The largest absolute Gasteiger partial charge is 0.311 e. The van der Waals surface area contributed by atoms with Crippen molar-refractivity contribution in [2.75, 3.05) is 13.1 Å². The van der Waals surface area contributed by atoms with Crippen LogP contribution in [-0.2, 0) is 0 Å². The van der Waals surface area contributed by atoms with Crippen LogP contribution in [0, 0.1) is 5.92 Å². The number of hydrogen-bond donors (Lipinski definition) is 1. The topological polar surface area (TPSA) is 15.3 Å². The second kappa shape index (κ2) is 6.91. The number of hydrogen-bond acceptors (Lipinski definition) is 2. The van der Waals surface area contributed by atoms with E-state index >= 15 is 0 Å². The molecular weight excluding hydrogens is 220 g/mol. The van der Waals surface area contributed by atoms with Crippen LogP contribution < -0.4 is 5.32 Å². The molecule has 18 heavy (non-hydrogen) atoms. The number of piperazine rings is 1. The van der Waals surface area contributed by atoms with Crippen molar-refractivity contribution in [1.82, 2.24) is 10.2 Å². The Morgan fingerprint density at radius 2 is 1.83 bits per heavy atom. The molecule has 106 valence electrons. The molecule has 0 amide bonds. The van der Waals surface area contributed by atoms with Crippen LogP contribution in [0.25, 0.3) is 0 Å². The van der Waals surface area contributed by atoms with Crippen LogP contribution in [0.5, 0.6) is 0 Å². The molecule has 1 N–H and O–H groups in total. The fourth-order valence-electron chi connectivity index (χ4n) is 3.76. The lowest BCUT2D eigenvalue weighted by Crippen LogP contribution is -2.60. The Bertz CT molecular complexity index is 233. The third-order valence-corrected chi connectivity index (χ3v) is 5.18. The molecule has 2 rings (SSSR count). The fraction of sp³-hybridized carbons (Fsp3) is 1.00. The van der Waals surface area contributed by atoms with Crippen molar-refractivity contribution in [2.24, 2.45) is 5.92 Å². The average Bonchev–Trinajstić information content (AvgIpc) is 2.66. The second-order valence-corrected chi connectivity index (χ2v) is 6.60. The summed E-state index contributed by atoms with van der Waals surface area (Å²) in [7, 11) is 0. The molecule has 3 unspecified atom stereocenters. The van der Waals surface area contributed by atoms with E-state index in [0.29, 0.717) is 6.04 Å². The van der Waals surface area contributed by atoms with Crippen molar-refractivity contribution < 1.29 is 0 Å². The van der Waals surface area contributed by atoms with Crippen LogP contribution in [0.15, 0.2) is 0 Å². The first-order valence-electron chi connectivity index (χ1n) is 8.21. The summed E-state index contributed by atoms with van der Waals surface area (Å²) in [6.45, 7) is 9.59. The summed E-state index contributed by atoms with van der Waals surface area (Å²) in [6.07, 6.45) is 10.0. The van der Waals surface area contributed by atoms with Crippen molar-refractivity contribution in [2.45, 2.75) is 83.8 Å². The smallest absolute Gasteiger partial charge is 0.0249 e. The molecular formula is C16H32N2. The monoisotopic (exact) mass is 252 g/mol. The van der Waals surface area contributed by atoms with Gasteiger partial charge in [0.05, 0.1) is 0 Å². The van der Waals surface area contributed by atoms with Gasteiger partial charge in [-0.1, -0.05) is 46.0 Å². The van der Waals surface area contributed by atoms with Crippen LogP contribution in [0.4, 0.5) is 0 Å². The van der Waals surface area contributed by atoms with Gasteiger partial charge in [-0.15, -0.1) is 0 Å². The molecule has 2 aliphatic rings. The Kier molecular flexibility index (Phi) is 5.50. The first-order chi connectivity index (χ1) is 8.72. The van der Waals surface area contributed by atoms with Gasteiger partial charge in [-0.2, -0.15) is 0 Å². The van der Waals surface area contributed by atoms with Gasteiger partial charge >= 0.3 is 0 Å². The maximum atomic E-state index is 3.69. The molecule has 3 atom stereocenters. The summed E-state index contributed by atoms with van der Waals surface area (Å²) in [4.78, 5) is 2.88. The third-order valence-electron chi connectivity index (χ3n) is 5.18. The quantitative estimate of drug-likeness (QED) is 0.774. The van der Waals surface area contributed by atoms with E-state index in [1.54, 1.807) is 0 Å². The van der Waals surface area contributed by atoms with Gasteiger partial charge in [-0.05, 0) is 25.7 Å². The lowest BCUT2D eigenvalue weighted by molar-refractivity contribution is 0.0467. The van der Waals surface area contributed by atoms with E-state index in [9.17, 15) is 0 Å². The Morgan fingerprint density at radius 1 is 1.17 bits per heavy atom. The van der Waals surface area contributed by atoms with Gasteiger partial charge in [0.15, 0.2) is 0 Å². The standard InChI is InChI=1S/C16H32N2/c1-4-13(2)16-11-17-14(3)12-18(16)15-9-7-5-6-8-10-15/h13-17H,4-12H2,1-3H3. The summed E-state index contributed by atoms with van der Waals surface area (Å²) in [5.74, 6) is 0.827. The molecule has 0 spiro atoms. The maximum Gasteiger partial charge on any atom is 0.0249 e. The van der Waals surface area contributed by atoms with Gasteiger partial charge in [-0.25, -0.2) is 0 Å². The van der Waals surface area contributed by atoms with Crippen molar-refractivity contribution >= 4 is 0 Å². The summed E-state index contributed by atoms with van der Waals surface area (Å²) in [5.41, 5.74) is 0. The molecule has 2 fully saturated rings. The van der Waals surface area contributed by atoms with Crippen molar-refractivity contribution in [3.63, 3.8) is 0 Å². The summed E-state index contributed by atoms with van der Waals surface area (Å²) in [5, 5.41) is 3.69. The Labute approximate surface area is 114 Å². The van der Waals surface area contributed by atoms with Gasteiger partial charge in [0.2, 0.25) is 0 Å². The molecule has 1 heterocycles. The average molecular weight is 252 g/mol. The third kappa shape index (κ3) is 3.48. The minimum Gasteiger partial charge on any atom is -0.311 e. The Hall–Kier alpha value is -0.0800. The van der Waals surface area contributed by atoms with E-state index in [4.69, 9.17) is 0 Å². The molecule has 0 radical (unpaired) electrons. The first kappa shape index (κ1) is 14.3. The van der Waals surface area contributed by atoms with Gasteiger partial charge in [0, 0.05) is 31.2 Å². The Morgan fingerprint density at radius 3 is 2.44 bits per heavy atom. The molecule has 1 saturated carbocycles. The normalized spacial score (nSPS) is 34.2. The van der Waals surface area contributed by atoms with Crippen LogP contribution in [-0.4, -0.2) is 36.1 Å². The van der Waals surface area contributed by atoms with Crippen LogP contribution in [0.3, 0.4) is 0 Å². The lowest BCUT2D eigenvalue weighted by Gasteiger charge is -2.46. The van der Waals surface area contributed by atoms with Crippen LogP contribution in [0.1, 0.15) is 65.7 Å². The molecule has 0 aromatic heterocycles. The highest BCUT2D eigenvalue weighted by atomic mass is 15.3. The van der Waals surface area contributed by atoms with E-state index < -0.39 is 0 Å². The van der Waals surface area contributed by atoms with Crippen molar-refractivity contribution in [3.05, 3.63) is 0 Å². The highest BCUT2D eigenvalue weighted by molar-refractivity contribution is 4.91. The zero-order valence-corrected chi connectivity index (χ0v) is 12.6. The summed E-state index contributed by atoms with van der Waals surface area (Å²) < 4.78 is 0. The summed E-state index contributed by atoms with van der Waals surface area (Å²) >= 11 is 0. The minimum absolute atomic E-state index is 0.675.